The number of amides is 2. The molecule has 1 aromatic carbocycles. The van der Waals surface area contributed by atoms with Crippen molar-refractivity contribution in [1.82, 2.24) is 4.90 Å². The maximum absolute atomic E-state index is 13.7. The van der Waals surface area contributed by atoms with Gasteiger partial charge in [-0.05, 0) is 93.4 Å². The van der Waals surface area contributed by atoms with Gasteiger partial charge in [0.15, 0.2) is 9.84 Å². The average molecular weight is 431 g/mol. The van der Waals surface area contributed by atoms with Crippen LogP contribution in [0.15, 0.2) is 29.2 Å². The fraction of sp³-hybridized carbons (Fsp3) is 0.652. The Kier molecular flexibility index (Phi) is 4.73. The Morgan fingerprint density at radius 1 is 1.00 bits per heavy atom. The number of nitrogens with zero attached hydrogens (tertiary/aromatic N) is 1. The maximum atomic E-state index is 13.7. The first-order chi connectivity index (χ1) is 14.2. The Balaban J connectivity index is 1.30. The second kappa shape index (κ2) is 7.08. The normalized spacial score (nSPS) is 34.9. The summed E-state index contributed by atoms with van der Waals surface area (Å²) in [5.41, 5.74) is 0.330. The number of hydrogen-bond acceptors (Lipinski definition) is 4. The third-order valence-corrected chi connectivity index (χ3v) is 8.99. The topological polar surface area (TPSA) is 83.6 Å². The van der Waals surface area contributed by atoms with E-state index in [0.29, 0.717) is 36.4 Å². The van der Waals surface area contributed by atoms with Gasteiger partial charge in [-0.1, -0.05) is 0 Å². The molecule has 162 valence electrons. The first-order valence-electron chi connectivity index (χ1n) is 11.2. The number of sulfone groups is 1. The lowest BCUT2D eigenvalue weighted by Crippen LogP contribution is -2.56. The van der Waals surface area contributed by atoms with E-state index in [4.69, 9.17) is 0 Å². The third kappa shape index (κ3) is 3.45. The number of carbonyl (C=O) groups is 2. The van der Waals surface area contributed by atoms with Crippen molar-refractivity contribution in [2.75, 3.05) is 18.1 Å². The van der Waals surface area contributed by atoms with Crippen molar-refractivity contribution in [2.24, 2.45) is 23.2 Å². The summed E-state index contributed by atoms with van der Waals surface area (Å²) in [6.07, 6.45) is 9.60. The highest BCUT2D eigenvalue weighted by Crippen LogP contribution is 2.60. The van der Waals surface area contributed by atoms with Crippen LogP contribution in [-0.2, 0) is 19.4 Å². The molecule has 4 saturated carbocycles. The van der Waals surface area contributed by atoms with Gasteiger partial charge in [0.1, 0.15) is 6.04 Å². The zero-order valence-corrected chi connectivity index (χ0v) is 18.3. The first kappa shape index (κ1) is 20.0. The molecule has 4 bridgehead atoms. The van der Waals surface area contributed by atoms with E-state index in [1.165, 1.54) is 31.4 Å². The molecule has 1 saturated heterocycles. The molecule has 2 amide bonds. The van der Waals surface area contributed by atoms with E-state index in [2.05, 4.69) is 5.32 Å². The summed E-state index contributed by atoms with van der Waals surface area (Å²) in [5, 5.41) is 2.89. The van der Waals surface area contributed by atoms with Crippen LogP contribution in [0.1, 0.15) is 51.4 Å². The van der Waals surface area contributed by atoms with Crippen molar-refractivity contribution in [3.05, 3.63) is 24.3 Å². The van der Waals surface area contributed by atoms with Gasteiger partial charge in [0, 0.05) is 18.5 Å². The molecule has 1 heterocycles. The van der Waals surface area contributed by atoms with Gasteiger partial charge >= 0.3 is 0 Å². The molecular weight excluding hydrogens is 400 g/mol. The number of likely N-dealkylation sites (tertiary alicyclic amines) is 1. The molecule has 0 spiro atoms. The summed E-state index contributed by atoms with van der Waals surface area (Å²) in [6.45, 7) is 0.658. The van der Waals surface area contributed by atoms with Gasteiger partial charge in [-0.15, -0.1) is 0 Å². The van der Waals surface area contributed by atoms with Crippen molar-refractivity contribution in [3.8, 4) is 0 Å². The lowest BCUT2D eigenvalue weighted by atomic mass is 9.49. The van der Waals surface area contributed by atoms with Gasteiger partial charge in [-0.3, -0.25) is 9.59 Å². The summed E-state index contributed by atoms with van der Waals surface area (Å²) in [4.78, 5) is 28.8. The van der Waals surface area contributed by atoms with Crippen molar-refractivity contribution < 1.29 is 18.0 Å². The molecule has 6 rings (SSSR count). The van der Waals surface area contributed by atoms with E-state index in [1.54, 1.807) is 12.1 Å². The average Bonchev–Trinajstić information content (AvgIpc) is 3.16. The van der Waals surface area contributed by atoms with Crippen molar-refractivity contribution in [2.45, 2.75) is 62.3 Å². The minimum atomic E-state index is -3.27. The molecule has 0 unspecified atom stereocenters. The maximum Gasteiger partial charge on any atom is 0.247 e. The number of anilines is 1. The predicted molar refractivity (Wildman–Crippen MR) is 114 cm³/mol. The highest BCUT2D eigenvalue weighted by Gasteiger charge is 2.56. The van der Waals surface area contributed by atoms with Gasteiger partial charge in [0.05, 0.1) is 10.3 Å². The van der Waals surface area contributed by atoms with E-state index in [0.717, 1.165) is 31.9 Å². The smallest absolute Gasteiger partial charge is 0.247 e. The zero-order chi connectivity index (χ0) is 21.1. The standard InChI is InChI=1S/C23H30N2O4S/c1-30(28,29)19-6-4-18(5-7-19)24-21(26)20-3-2-8-25(20)22(27)23-12-15-9-16(13-23)11-17(10-15)14-23/h4-7,15-17,20H,2-3,8-14H2,1H3,(H,24,26)/t15?,16?,17?,20-,23?/m1/s1. The van der Waals surface area contributed by atoms with E-state index >= 15 is 0 Å². The predicted octanol–water partition coefficient (Wildman–Crippen LogP) is 3.24. The second-order valence-electron chi connectivity index (χ2n) is 10.1. The van der Waals surface area contributed by atoms with Crippen LogP contribution in [0.5, 0.6) is 0 Å². The van der Waals surface area contributed by atoms with Crippen molar-refractivity contribution in [1.29, 1.82) is 0 Å². The van der Waals surface area contributed by atoms with Crippen LogP contribution < -0.4 is 5.32 Å². The minimum absolute atomic E-state index is 0.169. The van der Waals surface area contributed by atoms with E-state index in [9.17, 15) is 18.0 Å². The van der Waals surface area contributed by atoms with Gasteiger partial charge in [-0.2, -0.15) is 0 Å². The number of carbonyl (C=O) groups excluding carboxylic acids is 2. The van der Waals surface area contributed by atoms with Gasteiger partial charge in [0.25, 0.3) is 0 Å². The summed E-state index contributed by atoms with van der Waals surface area (Å²) in [5.74, 6) is 2.14. The molecule has 4 aliphatic carbocycles. The lowest BCUT2D eigenvalue weighted by molar-refractivity contribution is -0.160. The van der Waals surface area contributed by atoms with Gasteiger partial charge in [0.2, 0.25) is 11.8 Å². The molecule has 0 radical (unpaired) electrons. The van der Waals surface area contributed by atoms with E-state index < -0.39 is 15.9 Å². The summed E-state index contributed by atoms with van der Waals surface area (Å²) in [6, 6.07) is 5.78. The largest absolute Gasteiger partial charge is 0.330 e. The Morgan fingerprint density at radius 2 is 1.57 bits per heavy atom. The highest BCUT2D eigenvalue weighted by molar-refractivity contribution is 7.90. The summed E-state index contributed by atoms with van der Waals surface area (Å²) >= 11 is 0. The monoisotopic (exact) mass is 430 g/mol. The first-order valence-corrected chi connectivity index (χ1v) is 13.0. The van der Waals surface area contributed by atoms with Crippen LogP contribution in [0.4, 0.5) is 5.69 Å². The van der Waals surface area contributed by atoms with Crippen LogP contribution in [0.2, 0.25) is 0 Å². The Bertz CT molecular complexity index is 934. The molecule has 1 aliphatic heterocycles. The molecule has 1 atom stereocenters. The van der Waals surface area contributed by atoms with Crippen molar-refractivity contribution >= 4 is 27.3 Å². The Labute approximate surface area is 178 Å². The zero-order valence-electron chi connectivity index (χ0n) is 17.5. The van der Waals surface area contributed by atoms with E-state index in [1.807, 2.05) is 4.90 Å². The SMILES string of the molecule is CS(=O)(=O)c1ccc(NC(=O)[C@H]2CCCN2C(=O)C23CC4CC(CC(C4)C2)C3)cc1. The number of benzene rings is 1. The van der Waals surface area contributed by atoms with E-state index in [-0.39, 0.29) is 22.1 Å². The van der Waals surface area contributed by atoms with Gasteiger partial charge < -0.3 is 10.2 Å². The summed E-state index contributed by atoms with van der Waals surface area (Å²) < 4.78 is 23.2. The van der Waals surface area contributed by atoms with Crippen LogP contribution >= 0.6 is 0 Å². The molecule has 0 aromatic heterocycles. The molecule has 6 nitrogen and oxygen atoms in total. The number of nitrogens with one attached hydrogen (secondary N) is 1. The Hall–Kier alpha value is -1.89. The Morgan fingerprint density at radius 3 is 2.10 bits per heavy atom. The molecule has 1 N–H and O–H groups in total. The number of hydrogen-bond donors (Lipinski definition) is 1. The summed E-state index contributed by atoms with van der Waals surface area (Å²) in [7, 11) is -3.27. The molecule has 5 fully saturated rings. The fourth-order valence-corrected chi connectivity index (χ4v) is 7.60. The number of rotatable bonds is 4. The lowest BCUT2D eigenvalue weighted by Gasteiger charge is -2.56. The molecule has 7 heteroatoms. The van der Waals surface area contributed by atoms with Crippen LogP contribution in [-0.4, -0.2) is 44.0 Å². The molecular formula is C23H30N2O4S. The van der Waals surface area contributed by atoms with Crippen LogP contribution in [0, 0.1) is 23.2 Å². The molecule has 30 heavy (non-hydrogen) atoms. The van der Waals surface area contributed by atoms with Crippen LogP contribution in [0.25, 0.3) is 0 Å². The highest BCUT2D eigenvalue weighted by atomic mass is 32.2. The fourth-order valence-electron chi connectivity index (χ4n) is 6.97. The van der Waals surface area contributed by atoms with Gasteiger partial charge in [-0.25, -0.2) is 8.42 Å². The second-order valence-corrected chi connectivity index (χ2v) is 12.2. The molecule has 1 aromatic rings. The molecule has 5 aliphatic rings. The van der Waals surface area contributed by atoms with Crippen molar-refractivity contribution in [3.63, 3.8) is 0 Å². The third-order valence-electron chi connectivity index (χ3n) is 7.86. The quantitative estimate of drug-likeness (QED) is 0.795. The minimum Gasteiger partial charge on any atom is -0.330 e. The van der Waals surface area contributed by atoms with Crippen LogP contribution in [0.3, 0.4) is 0 Å².